The van der Waals surface area contributed by atoms with Gasteiger partial charge in [-0.3, -0.25) is 0 Å². The highest BCUT2D eigenvalue weighted by Gasteiger charge is 2.30. The maximum Gasteiger partial charge on any atom is 0.260 e. The molecule has 1 aromatic heterocycles. The summed E-state index contributed by atoms with van der Waals surface area (Å²) in [6.45, 7) is 4.58. The Morgan fingerprint density at radius 3 is 2.71 bits per heavy atom. The van der Waals surface area contributed by atoms with Crippen LogP contribution in [0.4, 0.5) is 10.1 Å². The lowest BCUT2D eigenvalue weighted by atomic mass is 9.73. The summed E-state index contributed by atoms with van der Waals surface area (Å²) in [6, 6.07) is 4.60. The van der Waals surface area contributed by atoms with Crippen LogP contribution in [0.1, 0.15) is 51.3 Å². The van der Waals surface area contributed by atoms with Crippen molar-refractivity contribution in [1.82, 2.24) is 10.1 Å². The SMILES string of the molecule is CC1(C)CCC(c2noc(-c3cccc(F)c3N)n2)CC1. The number of anilines is 1. The molecule has 0 unspecified atom stereocenters. The van der Waals surface area contributed by atoms with E-state index in [0.29, 0.717) is 28.6 Å². The number of nitrogens with two attached hydrogens (primary N) is 1. The molecule has 1 fully saturated rings. The molecular weight excluding hydrogens is 269 g/mol. The van der Waals surface area contributed by atoms with Gasteiger partial charge in [0.15, 0.2) is 5.82 Å². The molecule has 1 aliphatic carbocycles. The van der Waals surface area contributed by atoms with Gasteiger partial charge in [0.25, 0.3) is 5.89 Å². The third kappa shape index (κ3) is 2.77. The average Bonchev–Trinajstić information content (AvgIpc) is 2.91. The summed E-state index contributed by atoms with van der Waals surface area (Å²) in [4.78, 5) is 4.43. The van der Waals surface area contributed by atoms with Gasteiger partial charge in [0.1, 0.15) is 5.82 Å². The highest BCUT2D eigenvalue weighted by molar-refractivity contribution is 5.70. The van der Waals surface area contributed by atoms with E-state index in [9.17, 15) is 4.39 Å². The number of hydrogen-bond donors (Lipinski definition) is 1. The second-order valence-electron chi connectivity index (χ2n) is 6.60. The fourth-order valence-electron chi connectivity index (χ4n) is 2.89. The van der Waals surface area contributed by atoms with Crippen molar-refractivity contribution >= 4 is 5.69 Å². The molecule has 1 heterocycles. The van der Waals surface area contributed by atoms with Gasteiger partial charge in [0.05, 0.1) is 11.3 Å². The van der Waals surface area contributed by atoms with Crippen LogP contribution in [0.15, 0.2) is 22.7 Å². The second-order valence-corrected chi connectivity index (χ2v) is 6.60. The molecule has 1 aromatic carbocycles. The quantitative estimate of drug-likeness (QED) is 0.844. The molecule has 0 radical (unpaired) electrons. The predicted molar refractivity (Wildman–Crippen MR) is 79.1 cm³/mol. The molecule has 4 nitrogen and oxygen atoms in total. The van der Waals surface area contributed by atoms with Gasteiger partial charge in [-0.05, 0) is 43.2 Å². The maximum absolute atomic E-state index is 13.5. The predicted octanol–water partition coefficient (Wildman–Crippen LogP) is 4.14. The van der Waals surface area contributed by atoms with Crippen molar-refractivity contribution in [3.05, 3.63) is 29.8 Å². The Hall–Kier alpha value is -1.91. The van der Waals surface area contributed by atoms with E-state index in [-0.39, 0.29) is 5.69 Å². The smallest absolute Gasteiger partial charge is 0.260 e. The molecule has 1 saturated carbocycles. The summed E-state index contributed by atoms with van der Waals surface area (Å²) in [6.07, 6.45) is 4.43. The standard InChI is InChI=1S/C16H20FN3O/c1-16(2)8-6-10(7-9-16)14-19-15(21-20-14)11-4-3-5-12(17)13(11)18/h3-5,10H,6-9,18H2,1-2H3. The van der Waals surface area contributed by atoms with Crippen LogP contribution in [-0.4, -0.2) is 10.1 Å². The van der Waals surface area contributed by atoms with Crippen LogP contribution in [0, 0.1) is 11.2 Å². The second kappa shape index (κ2) is 5.13. The van der Waals surface area contributed by atoms with E-state index in [1.165, 1.54) is 6.07 Å². The first kappa shape index (κ1) is 14.0. The minimum Gasteiger partial charge on any atom is -0.396 e. The molecule has 2 N–H and O–H groups in total. The molecule has 0 amide bonds. The lowest BCUT2D eigenvalue weighted by Gasteiger charge is -2.32. The monoisotopic (exact) mass is 289 g/mol. The fourth-order valence-corrected chi connectivity index (χ4v) is 2.89. The van der Waals surface area contributed by atoms with Crippen molar-refractivity contribution in [3.8, 4) is 11.5 Å². The number of nitrogen functional groups attached to an aromatic ring is 1. The zero-order valence-electron chi connectivity index (χ0n) is 12.4. The van der Waals surface area contributed by atoms with E-state index in [2.05, 4.69) is 24.0 Å². The first-order chi connectivity index (χ1) is 9.96. The van der Waals surface area contributed by atoms with Gasteiger partial charge in [0, 0.05) is 5.92 Å². The Labute approximate surface area is 123 Å². The van der Waals surface area contributed by atoms with E-state index in [1.807, 2.05) is 0 Å². The summed E-state index contributed by atoms with van der Waals surface area (Å²) in [5, 5.41) is 4.07. The highest BCUT2D eigenvalue weighted by Crippen LogP contribution is 2.42. The van der Waals surface area contributed by atoms with Gasteiger partial charge in [-0.15, -0.1) is 0 Å². The van der Waals surface area contributed by atoms with Gasteiger partial charge < -0.3 is 10.3 Å². The number of aromatic nitrogens is 2. The van der Waals surface area contributed by atoms with Crippen LogP contribution in [0.2, 0.25) is 0 Å². The van der Waals surface area contributed by atoms with Crippen molar-refractivity contribution in [2.45, 2.75) is 45.4 Å². The molecule has 21 heavy (non-hydrogen) atoms. The molecule has 0 spiro atoms. The molecule has 2 aromatic rings. The summed E-state index contributed by atoms with van der Waals surface area (Å²) in [5.41, 5.74) is 6.65. The van der Waals surface area contributed by atoms with Crippen molar-refractivity contribution in [1.29, 1.82) is 0 Å². The number of nitrogens with zero attached hydrogens (tertiary/aromatic N) is 2. The zero-order valence-corrected chi connectivity index (χ0v) is 12.4. The Balaban J connectivity index is 1.82. The number of benzene rings is 1. The Morgan fingerprint density at radius 2 is 2.00 bits per heavy atom. The van der Waals surface area contributed by atoms with Gasteiger partial charge in [-0.1, -0.05) is 25.1 Å². The van der Waals surface area contributed by atoms with Gasteiger partial charge in [0.2, 0.25) is 0 Å². The fraction of sp³-hybridized carbons (Fsp3) is 0.500. The minimum atomic E-state index is -0.466. The third-order valence-corrected chi connectivity index (χ3v) is 4.43. The van der Waals surface area contributed by atoms with Crippen molar-refractivity contribution in [3.63, 3.8) is 0 Å². The Bertz CT molecular complexity index is 641. The number of para-hydroxylation sites is 1. The molecule has 0 atom stereocenters. The van der Waals surface area contributed by atoms with Gasteiger partial charge in [-0.2, -0.15) is 4.98 Å². The van der Waals surface area contributed by atoms with Crippen LogP contribution in [0.25, 0.3) is 11.5 Å². The Kier molecular flexibility index (Phi) is 3.43. The van der Waals surface area contributed by atoms with E-state index >= 15 is 0 Å². The largest absolute Gasteiger partial charge is 0.396 e. The molecule has 0 aliphatic heterocycles. The normalized spacial score (nSPS) is 18.8. The van der Waals surface area contributed by atoms with E-state index < -0.39 is 5.82 Å². The number of hydrogen-bond acceptors (Lipinski definition) is 4. The number of rotatable bonds is 2. The van der Waals surface area contributed by atoms with Crippen molar-refractivity contribution in [2.75, 3.05) is 5.73 Å². The van der Waals surface area contributed by atoms with E-state index in [1.54, 1.807) is 12.1 Å². The maximum atomic E-state index is 13.5. The van der Waals surface area contributed by atoms with Crippen LogP contribution >= 0.6 is 0 Å². The molecule has 0 saturated heterocycles. The van der Waals surface area contributed by atoms with E-state index in [4.69, 9.17) is 10.3 Å². The topological polar surface area (TPSA) is 64.9 Å². The van der Waals surface area contributed by atoms with Crippen molar-refractivity contribution < 1.29 is 8.91 Å². The van der Waals surface area contributed by atoms with Crippen LogP contribution in [0.3, 0.4) is 0 Å². The summed E-state index contributed by atoms with van der Waals surface area (Å²) < 4.78 is 18.8. The van der Waals surface area contributed by atoms with Crippen LogP contribution in [-0.2, 0) is 0 Å². The van der Waals surface area contributed by atoms with Crippen LogP contribution < -0.4 is 5.73 Å². The molecule has 112 valence electrons. The summed E-state index contributed by atoms with van der Waals surface area (Å²) >= 11 is 0. The first-order valence-electron chi connectivity index (χ1n) is 7.34. The third-order valence-electron chi connectivity index (χ3n) is 4.43. The average molecular weight is 289 g/mol. The zero-order chi connectivity index (χ0) is 15.0. The summed E-state index contributed by atoms with van der Waals surface area (Å²) in [7, 11) is 0. The van der Waals surface area contributed by atoms with Crippen molar-refractivity contribution in [2.24, 2.45) is 5.41 Å². The Morgan fingerprint density at radius 1 is 1.29 bits per heavy atom. The van der Waals surface area contributed by atoms with Gasteiger partial charge in [-0.25, -0.2) is 4.39 Å². The first-order valence-corrected chi connectivity index (χ1v) is 7.34. The molecular formula is C16H20FN3O. The highest BCUT2D eigenvalue weighted by atomic mass is 19.1. The summed E-state index contributed by atoms with van der Waals surface area (Å²) in [5.74, 6) is 0.868. The lowest BCUT2D eigenvalue weighted by molar-refractivity contribution is 0.218. The molecule has 1 aliphatic rings. The van der Waals surface area contributed by atoms with E-state index in [0.717, 1.165) is 25.7 Å². The van der Waals surface area contributed by atoms with Gasteiger partial charge >= 0.3 is 0 Å². The van der Waals surface area contributed by atoms with Crippen LogP contribution in [0.5, 0.6) is 0 Å². The molecule has 0 bridgehead atoms. The lowest BCUT2D eigenvalue weighted by Crippen LogP contribution is -2.20. The molecule has 3 rings (SSSR count). The molecule has 5 heteroatoms. The number of halogens is 1. The minimum absolute atomic E-state index is 0.0532.